The zero-order valence-electron chi connectivity index (χ0n) is 9.36. The van der Waals surface area contributed by atoms with Crippen LogP contribution >= 0.6 is 7.60 Å². The minimum Gasteiger partial charge on any atom is -0.324 e. The molecule has 1 saturated heterocycles. The van der Waals surface area contributed by atoms with E-state index in [0.717, 1.165) is 13.1 Å². The van der Waals surface area contributed by atoms with Gasteiger partial charge in [-0.3, -0.25) is 4.57 Å². The predicted octanol–water partition coefficient (Wildman–Crippen LogP) is 0.284. The molecule has 0 bridgehead atoms. The molecule has 6 heteroatoms. The second-order valence-corrected chi connectivity index (χ2v) is 6.04. The van der Waals surface area contributed by atoms with Gasteiger partial charge in [0.05, 0.1) is 5.16 Å². The van der Waals surface area contributed by atoms with Gasteiger partial charge in [-0.2, -0.15) is 0 Å². The minimum absolute atomic E-state index is 0.137. The number of rotatable bonds is 4. The SMILES string of the molecule is CCC(CC)(C1CNCCN1)P(=O)(O)O. The molecule has 15 heavy (non-hydrogen) atoms. The number of piperazine rings is 1. The summed E-state index contributed by atoms with van der Waals surface area (Å²) < 4.78 is 11.6. The van der Waals surface area contributed by atoms with Crippen molar-refractivity contribution >= 4 is 7.60 Å². The average molecular weight is 236 g/mol. The lowest BCUT2D eigenvalue weighted by Crippen LogP contribution is -2.59. The highest BCUT2D eigenvalue weighted by atomic mass is 31.2. The van der Waals surface area contributed by atoms with E-state index >= 15 is 0 Å². The van der Waals surface area contributed by atoms with E-state index in [1.54, 1.807) is 0 Å². The molecule has 0 aromatic heterocycles. The van der Waals surface area contributed by atoms with E-state index in [-0.39, 0.29) is 6.04 Å². The lowest BCUT2D eigenvalue weighted by molar-refractivity contribution is 0.250. The maximum absolute atomic E-state index is 11.6. The van der Waals surface area contributed by atoms with Crippen molar-refractivity contribution in [2.45, 2.75) is 37.9 Å². The first-order chi connectivity index (χ1) is 6.98. The van der Waals surface area contributed by atoms with E-state index in [0.29, 0.717) is 19.4 Å². The molecule has 0 spiro atoms. The molecule has 1 aliphatic heterocycles. The van der Waals surface area contributed by atoms with Gasteiger partial charge in [0.15, 0.2) is 0 Å². The zero-order valence-corrected chi connectivity index (χ0v) is 10.3. The van der Waals surface area contributed by atoms with Gasteiger partial charge in [0, 0.05) is 25.7 Å². The highest BCUT2D eigenvalue weighted by Crippen LogP contribution is 2.56. The van der Waals surface area contributed by atoms with Crippen LogP contribution in [0.3, 0.4) is 0 Å². The predicted molar refractivity (Wildman–Crippen MR) is 60.0 cm³/mol. The van der Waals surface area contributed by atoms with Crippen LogP contribution in [-0.4, -0.2) is 40.6 Å². The van der Waals surface area contributed by atoms with Crippen molar-refractivity contribution in [2.24, 2.45) is 0 Å². The molecule has 5 nitrogen and oxygen atoms in total. The maximum atomic E-state index is 11.6. The molecule has 4 N–H and O–H groups in total. The largest absolute Gasteiger partial charge is 0.333 e. The topological polar surface area (TPSA) is 81.6 Å². The van der Waals surface area contributed by atoms with Crippen LogP contribution in [0.2, 0.25) is 0 Å². The lowest BCUT2D eigenvalue weighted by atomic mass is 9.91. The molecular weight excluding hydrogens is 215 g/mol. The summed E-state index contributed by atoms with van der Waals surface area (Å²) in [4.78, 5) is 19.0. The van der Waals surface area contributed by atoms with Crippen LogP contribution in [0.5, 0.6) is 0 Å². The summed E-state index contributed by atoms with van der Waals surface area (Å²) in [7, 11) is -4.08. The van der Waals surface area contributed by atoms with E-state index in [4.69, 9.17) is 0 Å². The van der Waals surface area contributed by atoms with Crippen molar-refractivity contribution in [1.29, 1.82) is 0 Å². The van der Waals surface area contributed by atoms with E-state index < -0.39 is 12.8 Å². The van der Waals surface area contributed by atoms with Crippen LogP contribution < -0.4 is 10.6 Å². The minimum atomic E-state index is -4.08. The van der Waals surface area contributed by atoms with Crippen LogP contribution in [0.15, 0.2) is 0 Å². The molecule has 90 valence electrons. The Bertz CT molecular complexity index is 244. The third-order valence-corrected chi connectivity index (χ3v) is 5.60. The molecule has 0 aromatic carbocycles. The molecule has 0 saturated carbocycles. The second kappa shape index (κ2) is 4.93. The monoisotopic (exact) mass is 236 g/mol. The fraction of sp³-hybridized carbons (Fsp3) is 1.00. The second-order valence-electron chi connectivity index (χ2n) is 4.07. The normalized spacial score (nSPS) is 24.1. The van der Waals surface area contributed by atoms with Crippen molar-refractivity contribution < 1.29 is 14.4 Å². The number of hydrogen-bond donors (Lipinski definition) is 4. The van der Waals surface area contributed by atoms with E-state index in [9.17, 15) is 14.4 Å². The van der Waals surface area contributed by atoms with Crippen molar-refractivity contribution in [1.82, 2.24) is 10.6 Å². The average Bonchev–Trinajstić information content (AvgIpc) is 2.20. The Hall–Kier alpha value is 0.0700. The molecule has 0 amide bonds. The van der Waals surface area contributed by atoms with Gasteiger partial charge >= 0.3 is 7.60 Å². The Morgan fingerprint density at radius 1 is 1.33 bits per heavy atom. The van der Waals surface area contributed by atoms with Gasteiger partial charge in [0.2, 0.25) is 0 Å². The summed E-state index contributed by atoms with van der Waals surface area (Å²) >= 11 is 0. The van der Waals surface area contributed by atoms with Crippen molar-refractivity contribution in [3.8, 4) is 0 Å². The Kier molecular flexibility index (Phi) is 4.32. The van der Waals surface area contributed by atoms with Gasteiger partial charge in [-0.1, -0.05) is 13.8 Å². The standard InChI is InChI=1S/C9H21N2O3P/c1-3-9(4-2,15(12,13)14)8-7-10-5-6-11-8/h8,10-11H,3-7H2,1-2H3,(H2,12,13,14). The van der Waals surface area contributed by atoms with Gasteiger partial charge in [0.1, 0.15) is 0 Å². The lowest BCUT2D eigenvalue weighted by Gasteiger charge is -2.42. The Balaban J connectivity index is 2.93. The van der Waals surface area contributed by atoms with Gasteiger partial charge in [-0.05, 0) is 12.8 Å². The molecule has 1 atom stereocenters. The summed E-state index contributed by atoms with van der Waals surface area (Å²) in [5.41, 5.74) is 0. The third-order valence-electron chi connectivity index (χ3n) is 3.49. The molecule has 1 unspecified atom stereocenters. The quantitative estimate of drug-likeness (QED) is 0.527. The van der Waals surface area contributed by atoms with Crippen molar-refractivity contribution in [3.05, 3.63) is 0 Å². The van der Waals surface area contributed by atoms with Gasteiger partial charge in [-0.25, -0.2) is 0 Å². The summed E-state index contributed by atoms with van der Waals surface area (Å²) in [6, 6.07) is -0.137. The van der Waals surface area contributed by atoms with Crippen LogP contribution in [0, 0.1) is 0 Å². The first-order valence-electron chi connectivity index (χ1n) is 5.47. The molecule has 1 rings (SSSR count). The molecule has 0 radical (unpaired) electrons. The van der Waals surface area contributed by atoms with Crippen LogP contribution in [-0.2, 0) is 4.57 Å². The maximum Gasteiger partial charge on any atom is 0.333 e. The highest BCUT2D eigenvalue weighted by molar-refractivity contribution is 7.53. The van der Waals surface area contributed by atoms with Gasteiger partial charge < -0.3 is 20.4 Å². The van der Waals surface area contributed by atoms with Gasteiger partial charge in [-0.15, -0.1) is 0 Å². The summed E-state index contributed by atoms with van der Waals surface area (Å²) in [6.45, 7) is 5.96. The van der Waals surface area contributed by atoms with E-state index in [1.807, 2.05) is 13.8 Å². The van der Waals surface area contributed by atoms with Crippen molar-refractivity contribution in [3.63, 3.8) is 0 Å². The highest BCUT2D eigenvalue weighted by Gasteiger charge is 2.50. The number of nitrogens with one attached hydrogen (secondary N) is 2. The zero-order chi connectivity index (χ0) is 11.5. The molecule has 1 heterocycles. The first-order valence-corrected chi connectivity index (χ1v) is 7.09. The van der Waals surface area contributed by atoms with Crippen LogP contribution in [0.1, 0.15) is 26.7 Å². The fourth-order valence-corrected chi connectivity index (χ4v) is 3.80. The summed E-state index contributed by atoms with van der Waals surface area (Å²) in [6.07, 6.45) is 0.986. The van der Waals surface area contributed by atoms with E-state index in [2.05, 4.69) is 10.6 Å². The summed E-state index contributed by atoms with van der Waals surface area (Å²) in [5.74, 6) is 0. The number of hydrogen-bond acceptors (Lipinski definition) is 3. The Morgan fingerprint density at radius 2 is 1.93 bits per heavy atom. The molecule has 1 fully saturated rings. The summed E-state index contributed by atoms with van der Waals surface area (Å²) in [5, 5.41) is 5.47. The molecule has 1 aliphatic rings. The van der Waals surface area contributed by atoms with Crippen molar-refractivity contribution in [2.75, 3.05) is 19.6 Å². The van der Waals surface area contributed by atoms with Crippen LogP contribution in [0.25, 0.3) is 0 Å². The molecule has 0 aliphatic carbocycles. The smallest absolute Gasteiger partial charge is 0.324 e. The Morgan fingerprint density at radius 3 is 2.27 bits per heavy atom. The third kappa shape index (κ3) is 2.43. The van der Waals surface area contributed by atoms with Crippen LogP contribution in [0.4, 0.5) is 0 Å². The fourth-order valence-electron chi connectivity index (χ4n) is 2.39. The van der Waals surface area contributed by atoms with E-state index in [1.165, 1.54) is 0 Å². The molecule has 0 aromatic rings. The molecular formula is C9H21N2O3P. The van der Waals surface area contributed by atoms with Gasteiger partial charge in [0.25, 0.3) is 0 Å². The Labute approximate surface area is 90.8 Å². The first kappa shape index (κ1) is 13.1.